The fraction of sp³-hybridized carbons (Fsp3) is 0.500. The van der Waals surface area contributed by atoms with Gasteiger partial charge in [-0.2, -0.15) is 17.0 Å². The average Bonchev–Trinajstić information content (AvgIpc) is 2.54. The summed E-state index contributed by atoms with van der Waals surface area (Å²) in [5.74, 6) is -1.02. The largest absolute Gasteiger partial charge is 0.480 e. The summed E-state index contributed by atoms with van der Waals surface area (Å²) in [6, 6.07) is 6.97. The molecule has 2 heterocycles. The Kier molecular flexibility index (Phi) is 4.18. The third-order valence-electron chi connectivity index (χ3n) is 4.18. The first-order chi connectivity index (χ1) is 10.5. The lowest BCUT2D eigenvalue weighted by atomic mass is 10.0. The predicted molar refractivity (Wildman–Crippen MR) is 80.5 cm³/mol. The van der Waals surface area contributed by atoms with E-state index in [-0.39, 0.29) is 6.54 Å². The van der Waals surface area contributed by atoms with E-state index in [9.17, 15) is 13.2 Å². The van der Waals surface area contributed by atoms with Crippen LogP contribution < -0.4 is 5.32 Å². The fourth-order valence-electron chi connectivity index (χ4n) is 2.93. The Hall–Kier alpha value is -1.48. The van der Waals surface area contributed by atoms with Crippen LogP contribution >= 0.6 is 0 Å². The van der Waals surface area contributed by atoms with Crippen molar-refractivity contribution in [2.24, 2.45) is 0 Å². The van der Waals surface area contributed by atoms with E-state index in [1.807, 2.05) is 24.3 Å². The molecule has 0 spiro atoms. The minimum absolute atomic E-state index is 0.0319. The van der Waals surface area contributed by atoms with Crippen molar-refractivity contribution in [1.82, 2.24) is 13.9 Å². The minimum atomic E-state index is -3.63. The first-order valence-electron chi connectivity index (χ1n) is 7.26. The Morgan fingerprint density at radius 3 is 2.64 bits per heavy atom. The van der Waals surface area contributed by atoms with E-state index in [0.717, 1.165) is 5.56 Å². The highest BCUT2D eigenvalue weighted by atomic mass is 32.2. The molecule has 0 aliphatic carbocycles. The van der Waals surface area contributed by atoms with Gasteiger partial charge in [0.2, 0.25) is 0 Å². The molecule has 2 aliphatic heterocycles. The fourth-order valence-corrected chi connectivity index (χ4v) is 4.54. The number of piperazine rings is 1. The lowest BCUT2D eigenvalue weighted by Gasteiger charge is -2.36. The predicted octanol–water partition coefficient (Wildman–Crippen LogP) is -0.352. The van der Waals surface area contributed by atoms with Crippen molar-refractivity contribution in [1.29, 1.82) is 0 Å². The summed E-state index contributed by atoms with van der Waals surface area (Å²) in [7, 11) is -3.63. The summed E-state index contributed by atoms with van der Waals surface area (Å²) in [4.78, 5) is 11.1. The van der Waals surface area contributed by atoms with Gasteiger partial charge in [-0.15, -0.1) is 0 Å². The van der Waals surface area contributed by atoms with Gasteiger partial charge < -0.3 is 10.4 Å². The van der Waals surface area contributed by atoms with Crippen LogP contribution in [0.15, 0.2) is 24.3 Å². The summed E-state index contributed by atoms with van der Waals surface area (Å²) >= 11 is 0. The second-order valence-electron chi connectivity index (χ2n) is 5.56. The van der Waals surface area contributed by atoms with E-state index in [1.165, 1.54) is 14.2 Å². The molecule has 1 aromatic rings. The third kappa shape index (κ3) is 2.87. The van der Waals surface area contributed by atoms with E-state index in [4.69, 9.17) is 5.11 Å². The van der Waals surface area contributed by atoms with E-state index >= 15 is 0 Å². The molecule has 1 aromatic carbocycles. The molecule has 7 nitrogen and oxygen atoms in total. The summed E-state index contributed by atoms with van der Waals surface area (Å²) in [5, 5.41) is 11.9. The number of carboxylic acid groups (broad SMARTS) is 1. The van der Waals surface area contributed by atoms with Gasteiger partial charge in [0.1, 0.15) is 6.04 Å². The molecule has 120 valence electrons. The smallest absolute Gasteiger partial charge is 0.322 e. The third-order valence-corrected chi connectivity index (χ3v) is 6.13. The molecular formula is C14H19N3O4S. The van der Waals surface area contributed by atoms with Gasteiger partial charge in [0, 0.05) is 32.7 Å². The van der Waals surface area contributed by atoms with Crippen LogP contribution in [-0.2, 0) is 28.0 Å². The number of aliphatic carboxylic acids is 1. The monoisotopic (exact) mass is 325 g/mol. The lowest BCUT2D eigenvalue weighted by Crippen LogP contribution is -2.58. The van der Waals surface area contributed by atoms with E-state index in [0.29, 0.717) is 32.6 Å². The second kappa shape index (κ2) is 5.96. The quantitative estimate of drug-likeness (QED) is 0.793. The standard InChI is InChI=1S/C14H19N3O4S/c18-14(19)13-10-17(8-6-15-13)22(20,21)16-7-5-11-3-1-2-4-12(11)9-16/h1-4,13,15H,5-10H2,(H,18,19)/t13-/m1/s1. The highest BCUT2D eigenvalue weighted by molar-refractivity contribution is 7.86. The number of hydrogen-bond acceptors (Lipinski definition) is 4. The van der Waals surface area contributed by atoms with Crippen LogP contribution in [0.2, 0.25) is 0 Å². The number of fused-ring (bicyclic) bond motifs is 1. The molecule has 0 aromatic heterocycles. The number of rotatable bonds is 3. The van der Waals surface area contributed by atoms with Gasteiger partial charge in [0.25, 0.3) is 10.2 Å². The highest BCUT2D eigenvalue weighted by Gasteiger charge is 2.36. The average molecular weight is 325 g/mol. The first kappa shape index (κ1) is 15.4. The summed E-state index contributed by atoms with van der Waals surface area (Å²) in [6.45, 7) is 1.39. The maximum absolute atomic E-state index is 12.7. The molecule has 8 heteroatoms. The van der Waals surface area contributed by atoms with Gasteiger partial charge in [-0.25, -0.2) is 0 Å². The molecule has 0 radical (unpaired) electrons. The zero-order chi connectivity index (χ0) is 15.7. The Morgan fingerprint density at radius 1 is 1.18 bits per heavy atom. The topological polar surface area (TPSA) is 90.0 Å². The van der Waals surface area contributed by atoms with Crippen LogP contribution in [0.4, 0.5) is 0 Å². The molecule has 0 bridgehead atoms. The van der Waals surface area contributed by atoms with Crippen molar-refractivity contribution in [2.45, 2.75) is 19.0 Å². The maximum atomic E-state index is 12.7. The lowest BCUT2D eigenvalue weighted by molar-refractivity contribution is -0.140. The Labute approximate surface area is 129 Å². The number of carbonyl (C=O) groups is 1. The molecule has 1 fully saturated rings. The van der Waals surface area contributed by atoms with Crippen molar-refractivity contribution >= 4 is 16.2 Å². The van der Waals surface area contributed by atoms with Crippen LogP contribution in [0, 0.1) is 0 Å². The first-order valence-corrected chi connectivity index (χ1v) is 8.66. The van der Waals surface area contributed by atoms with Gasteiger partial charge in [0.05, 0.1) is 0 Å². The minimum Gasteiger partial charge on any atom is -0.480 e. The Balaban J connectivity index is 1.78. The number of nitrogens with zero attached hydrogens (tertiary/aromatic N) is 2. The van der Waals surface area contributed by atoms with Crippen LogP contribution in [0.25, 0.3) is 0 Å². The van der Waals surface area contributed by atoms with Crippen molar-refractivity contribution in [3.8, 4) is 0 Å². The molecule has 0 unspecified atom stereocenters. The number of hydrogen-bond donors (Lipinski definition) is 2. The molecule has 1 atom stereocenters. The van der Waals surface area contributed by atoms with Crippen molar-refractivity contribution in [2.75, 3.05) is 26.2 Å². The zero-order valence-electron chi connectivity index (χ0n) is 12.1. The second-order valence-corrected chi connectivity index (χ2v) is 7.49. The van der Waals surface area contributed by atoms with Gasteiger partial charge in [-0.05, 0) is 17.5 Å². The van der Waals surface area contributed by atoms with Crippen molar-refractivity contribution in [3.63, 3.8) is 0 Å². The molecule has 2 N–H and O–H groups in total. The SMILES string of the molecule is O=C(O)[C@H]1CN(S(=O)(=O)N2CCc3ccccc3C2)CCN1. The van der Waals surface area contributed by atoms with Crippen LogP contribution in [0.5, 0.6) is 0 Å². The van der Waals surface area contributed by atoms with Gasteiger partial charge in [0.15, 0.2) is 0 Å². The van der Waals surface area contributed by atoms with E-state index in [2.05, 4.69) is 5.32 Å². The number of nitrogens with one attached hydrogen (secondary N) is 1. The molecule has 2 aliphatic rings. The molecule has 0 saturated carbocycles. The number of carboxylic acids is 1. The summed E-state index contributed by atoms with van der Waals surface area (Å²) < 4.78 is 28.2. The van der Waals surface area contributed by atoms with Crippen LogP contribution in [-0.4, -0.2) is 60.3 Å². The van der Waals surface area contributed by atoms with E-state index in [1.54, 1.807) is 0 Å². The molecule has 0 amide bonds. The Morgan fingerprint density at radius 2 is 1.91 bits per heavy atom. The van der Waals surface area contributed by atoms with Gasteiger partial charge >= 0.3 is 5.97 Å². The van der Waals surface area contributed by atoms with Crippen molar-refractivity contribution < 1.29 is 18.3 Å². The van der Waals surface area contributed by atoms with Crippen LogP contribution in [0.3, 0.4) is 0 Å². The molecule has 3 rings (SSSR count). The highest BCUT2D eigenvalue weighted by Crippen LogP contribution is 2.23. The van der Waals surface area contributed by atoms with Crippen LogP contribution in [0.1, 0.15) is 11.1 Å². The number of benzene rings is 1. The Bertz CT molecular complexity index is 676. The molecular weight excluding hydrogens is 306 g/mol. The summed E-state index contributed by atoms with van der Waals surface area (Å²) in [5.41, 5.74) is 2.19. The molecule has 1 saturated heterocycles. The molecule has 22 heavy (non-hydrogen) atoms. The summed E-state index contributed by atoms with van der Waals surface area (Å²) in [6.07, 6.45) is 0.684. The zero-order valence-corrected chi connectivity index (χ0v) is 12.9. The normalized spacial score (nSPS) is 23.9. The van der Waals surface area contributed by atoms with Gasteiger partial charge in [-0.1, -0.05) is 24.3 Å². The maximum Gasteiger partial charge on any atom is 0.322 e. The van der Waals surface area contributed by atoms with Crippen molar-refractivity contribution in [3.05, 3.63) is 35.4 Å². The van der Waals surface area contributed by atoms with E-state index < -0.39 is 22.2 Å². The van der Waals surface area contributed by atoms with Gasteiger partial charge in [-0.3, -0.25) is 4.79 Å².